The van der Waals surface area contributed by atoms with Crippen LogP contribution in [-0.2, 0) is 11.3 Å². The predicted molar refractivity (Wildman–Crippen MR) is 56.3 cm³/mol. The molecule has 2 fully saturated rings. The van der Waals surface area contributed by atoms with Crippen molar-refractivity contribution in [3.63, 3.8) is 0 Å². The van der Waals surface area contributed by atoms with Crippen molar-refractivity contribution in [2.75, 3.05) is 6.54 Å². The van der Waals surface area contributed by atoms with Gasteiger partial charge in [-0.25, -0.2) is 4.98 Å². The van der Waals surface area contributed by atoms with Crippen LogP contribution in [-0.4, -0.2) is 28.7 Å². The van der Waals surface area contributed by atoms with Gasteiger partial charge in [0, 0.05) is 24.9 Å². The second-order valence-corrected chi connectivity index (χ2v) is 4.54. The van der Waals surface area contributed by atoms with E-state index < -0.39 is 0 Å². The summed E-state index contributed by atoms with van der Waals surface area (Å²) in [5.41, 5.74) is 0. The van der Waals surface area contributed by atoms with E-state index >= 15 is 0 Å². The lowest BCUT2D eigenvalue weighted by Crippen LogP contribution is -2.29. The number of imidazole rings is 1. The molecule has 2 saturated heterocycles. The molecule has 2 aliphatic rings. The van der Waals surface area contributed by atoms with Crippen LogP contribution in [0.3, 0.4) is 0 Å². The summed E-state index contributed by atoms with van der Waals surface area (Å²) in [5.74, 6) is 1.73. The first-order chi connectivity index (χ1) is 7.42. The number of hydrogen-bond donors (Lipinski definition) is 2. The molecule has 0 saturated carbocycles. The summed E-state index contributed by atoms with van der Waals surface area (Å²) in [4.78, 5) is 7.27. The fourth-order valence-corrected chi connectivity index (χ4v) is 2.73. The highest BCUT2D eigenvalue weighted by Crippen LogP contribution is 2.38. The van der Waals surface area contributed by atoms with Crippen molar-refractivity contribution in [3.8, 4) is 0 Å². The summed E-state index contributed by atoms with van der Waals surface area (Å²) in [6.45, 7) is 1.89. The molecule has 0 aromatic carbocycles. The molecule has 2 bridgehead atoms. The van der Waals surface area contributed by atoms with E-state index in [2.05, 4.69) is 15.3 Å². The molecule has 0 amide bonds. The Hall–Kier alpha value is -0.870. The number of ether oxygens (including phenoxy) is 1. The van der Waals surface area contributed by atoms with E-state index in [1.165, 1.54) is 19.3 Å². The van der Waals surface area contributed by atoms with Crippen LogP contribution in [0, 0.1) is 5.92 Å². The maximum absolute atomic E-state index is 5.81. The molecular formula is C11H17N3O. The maximum atomic E-state index is 5.81. The zero-order chi connectivity index (χ0) is 10.1. The standard InChI is InChI=1S/C11H17N3O/c1-2-10-8(5-9(1)15-10)6-12-7-11-13-3-4-14-11/h3-4,8-10,12H,1-2,5-7H2,(H,13,14). The Labute approximate surface area is 89.4 Å². The van der Waals surface area contributed by atoms with Crippen LogP contribution in [0.5, 0.6) is 0 Å². The van der Waals surface area contributed by atoms with Crippen LogP contribution in [0.2, 0.25) is 0 Å². The Morgan fingerprint density at radius 1 is 1.53 bits per heavy atom. The van der Waals surface area contributed by atoms with Crippen molar-refractivity contribution in [1.82, 2.24) is 15.3 Å². The Balaban J connectivity index is 1.43. The van der Waals surface area contributed by atoms with Gasteiger partial charge in [-0.15, -0.1) is 0 Å². The van der Waals surface area contributed by atoms with Crippen molar-refractivity contribution >= 4 is 0 Å². The zero-order valence-corrected chi connectivity index (χ0v) is 8.78. The summed E-state index contributed by atoms with van der Waals surface area (Å²) < 4.78 is 5.81. The molecule has 1 aromatic rings. The molecule has 0 aliphatic carbocycles. The molecule has 4 heteroatoms. The molecule has 0 radical (unpaired) electrons. The molecule has 15 heavy (non-hydrogen) atoms. The van der Waals surface area contributed by atoms with Gasteiger partial charge in [-0.05, 0) is 19.3 Å². The van der Waals surface area contributed by atoms with Gasteiger partial charge in [-0.2, -0.15) is 0 Å². The van der Waals surface area contributed by atoms with Gasteiger partial charge in [0.15, 0.2) is 0 Å². The van der Waals surface area contributed by atoms with Gasteiger partial charge < -0.3 is 15.0 Å². The van der Waals surface area contributed by atoms with Crippen molar-refractivity contribution in [2.24, 2.45) is 5.92 Å². The van der Waals surface area contributed by atoms with Crippen LogP contribution in [0.1, 0.15) is 25.1 Å². The Morgan fingerprint density at radius 2 is 2.53 bits per heavy atom. The monoisotopic (exact) mass is 207 g/mol. The number of H-pyrrole nitrogens is 1. The van der Waals surface area contributed by atoms with Gasteiger partial charge in [0.1, 0.15) is 5.82 Å². The number of nitrogens with zero attached hydrogens (tertiary/aromatic N) is 1. The van der Waals surface area contributed by atoms with Gasteiger partial charge in [0.05, 0.1) is 18.8 Å². The minimum atomic E-state index is 0.527. The zero-order valence-electron chi connectivity index (χ0n) is 8.78. The number of nitrogens with one attached hydrogen (secondary N) is 2. The summed E-state index contributed by atoms with van der Waals surface area (Å²) >= 11 is 0. The number of rotatable bonds is 4. The largest absolute Gasteiger partial charge is 0.375 e. The highest BCUT2D eigenvalue weighted by Gasteiger charge is 2.40. The third kappa shape index (κ3) is 1.92. The lowest BCUT2D eigenvalue weighted by molar-refractivity contribution is 0.0923. The molecule has 4 nitrogen and oxygen atoms in total. The van der Waals surface area contributed by atoms with E-state index in [1.807, 2.05) is 6.20 Å². The van der Waals surface area contributed by atoms with E-state index in [1.54, 1.807) is 6.20 Å². The molecule has 3 heterocycles. The molecule has 82 valence electrons. The van der Waals surface area contributed by atoms with Gasteiger partial charge in [0.25, 0.3) is 0 Å². The van der Waals surface area contributed by atoms with Crippen molar-refractivity contribution in [2.45, 2.75) is 38.0 Å². The normalized spacial score (nSPS) is 33.7. The fourth-order valence-electron chi connectivity index (χ4n) is 2.73. The maximum Gasteiger partial charge on any atom is 0.120 e. The highest BCUT2D eigenvalue weighted by atomic mass is 16.5. The summed E-state index contributed by atoms with van der Waals surface area (Å²) in [7, 11) is 0. The number of hydrogen-bond acceptors (Lipinski definition) is 3. The number of fused-ring (bicyclic) bond motifs is 2. The van der Waals surface area contributed by atoms with Crippen LogP contribution in [0.25, 0.3) is 0 Å². The first-order valence-corrected chi connectivity index (χ1v) is 5.76. The fraction of sp³-hybridized carbons (Fsp3) is 0.727. The van der Waals surface area contributed by atoms with Crippen molar-refractivity contribution in [1.29, 1.82) is 0 Å². The van der Waals surface area contributed by atoms with Crippen LogP contribution < -0.4 is 5.32 Å². The van der Waals surface area contributed by atoms with E-state index in [4.69, 9.17) is 4.74 Å². The summed E-state index contributed by atoms with van der Waals surface area (Å²) in [6.07, 6.45) is 8.52. The van der Waals surface area contributed by atoms with E-state index in [0.29, 0.717) is 12.2 Å². The SMILES string of the molecule is c1c[nH]c(CNCC2CC3CCC2O3)n1. The molecule has 3 unspecified atom stereocenters. The molecule has 2 N–H and O–H groups in total. The molecule has 3 atom stereocenters. The third-order valence-corrected chi connectivity index (χ3v) is 3.49. The lowest BCUT2D eigenvalue weighted by Gasteiger charge is -2.18. The van der Waals surface area contributed by atoms with Crippen LogP contribution in [0.15, 0.2) is 12.4 Å². The van der Waals surface area contributed by atoms with E-state index in [9.17, 15) is 0 Å². The first-order valence-electron chi connectivity index (χ1n) is 5.76. The predicted octanol–water partition coefficient (Wildman–Crippen LogP) is 1.07. The number of aromatic nitrogens is 2. The Kier molecular flexibility index (Phi) is 2.46. The lowest BCUT2D eigenvalue weighted by atomic mass is 9.89. The topological polar surface area (TPSA) is 49.9 Å². The van der Waals surface area contributed by atoms with Crippen molar-refractivity contribution in [3.05, 3.63) is 18.2 Å². The van der Waals surface area contributed by atoms with Gasteiger partial charge >= 0.3 is 0 Å². The smallest absolute Gasteiger partial charge is 0.120 e. The minimum Gasteiger partial charge on any atom is -0.375 e. The quantitative estimate of drug-likeness (QED) is 0.776. The van der Waals surface area contributed by atoms with Crippen molar-refractivity contribution < 1.29 is 4.74 Å². The summed E-state index contributed by atoms with van der Waals surface area (Å²) in [6, 6.07) is 0. The van der Waals surface area contributed by atoms with Gasteiger partial charge in [0.2, 0.25) is 0 Å². The average Bonchev–Trinajstić information content (AvgIpc) is 2.93. The Bertz CT molecular complexity index is 312. The van der Waals surface area contributed by atoms with E-state index in [-0.39, 0.29) is 0 Å². The third-order valence-electron chi connectivity index (χ3n) is 3.49. The Morgan fingerprint density at radius 3 is 3.20 bits per heavy atom. The average molecular weight is 207 g/mol. The van der Waals surface area contributed by atoms with Gasteiger partial charge in [-0.1, -0.05) is 0 Å². The second kappa shape index (κ2) is 3.94. The molecular weight excluding hydrogens is 190 g/mol. The molecule has 3 rings (SSSR count). The number of aromatic amines is 1. The molecule has 0 spiro atoms. The van der Waals surface area contributed by atoms with Gasteiger partial charge in [-0.3, -0.25) is 0 Å². The van der Waals surface area contributed by atoms with E-state index in [0.717, 1.165) is 24.8 Å². The molecule has 1 aromatic heterocycles. The van der Waals surface area contributed by atoms with Crippen LogP contribution >= 0.6 is 0 Å². The second-order valence-electron chi connectivity index (χ2n) is 4.54. The molecule has 2 aliphatic heterocycles. The highest BCUT2D eigenvalue weighted by molar-refractivity contribution is 4.91. The minimum absolute atomic E-state index is 0.527. The summed E-state index contributed by atoms with van der Waals surface area (Å²) in [5, 5.41) is 3.44. The van der Waals surface area contributed by atoms with Crippen LogP contribution in [0.4, 0.5) is 0 Å². The first kappa shape index (κ1) is 9.36.